The van der Waals surface area contributed by atoms with Gasteiger partial charge in [0.25, 0.3) is 0 Å². The molecule has 2 aromatic rings. The first-order valence-electron chi connectivity index (χ1n) is 9.24. The van der Waals surface area contributed by atoms with Gasteiger partial charge in [-0.1, -0.05) is 12.1 Å². The van der Waals surface area contributed by atoms with Crippen molar-refractivity contribution < 1.29 is 22.7 Å². The number of piperazine rings is 1. The fourth-order valence-electron chi connectivity index (χ4n) is 3.59. The number of amides is 1. The molecule has 6 nitrogen and oxygen atoms in total. The highest BCUT2D eigenvalue weighted by Crippen LogP contribution is 2.27. The minimum Gasteiger partial charge on any atom is -0.493 e. The number of benzene rings is 1. The van der Waals surface area contributed by atoms with E-state index in [0.717, 1.165) is 49.2 Å². The van der Waals surface area contributed by atoms with Crippen LogP contribution in [0.1, 0.15) is 16.8 Å². The minimum absolute atomic E-state index is 0.180. The van der Waals surface area contributed by atoms with Crippen molar-refractivity contribution >= 4 is 5.91 Å². The van der Waals surface area contributed by atoms with Crippen molar-refractivity contribution in [3.8, 4) is 5.75 Å². The first kappa shape index (κ1) is 18.8. The van der Waals surface area contributed by atoms with E-state index in [1.807, 2.05) is 6.07 Å². The highest BCUT2D eigenvalue weighted by atomic mass is 19.4. The van der Waals surface area contributed by atoms with Crippen LogP contribution in [0.25, 0.3) is 0 Å². The molecule has 1 amide bonds. The summed E-state index contributed by atoms with van der Waals surface area (Å²) in [6, 6.07) is 7.14. The molecule has 0 atom stereocenters. The maximum atomic E-state index is 12.6. The zero-order valence-electron chi connectivity index (χ0n) is 15.3. The molecule has 0 radical (unpaired) electrons. The lowest BCUT2D eigenvalue weighted by Gasteiger charge is -2.34. The number of carbonyl (C=O) groups excluding carboxylic acids is 1. The first-order valence-corrected chi connectivity index (χ1v) is 9.24. The van der Waals surface area contributed by atoms with Crippen LogP contribution in [0.15, 0.2) is 30.5 Å². The predicted octanol–water partition coefficient (Wildman–Crippen LogP) is 2.18. The van der Waals surface area contributed by atoms with Crippen molar-refractivity contribution in [3.05, 3.63) is 47.3 Å². The summed E-state index contributed by atoms with van der Waals surface area (Å²) >= 11 is 0. The molecule has 4 rings (SSSR count). The monoisotopic (exact) mass is 394 g/mol. The van der Waals surface area contributed by atoms with Crippen LogP contribution in [-0.4, -0.2) is 58.3 Å². The highest BCUT2D eigenvalue weighted by molar-refractivity contribution is 5.76. The fraction of sp³-hybridized carbons (Fsp3) is 0.474. The third kappa shape index (κ3) is 4.14. The van der Waals surface area contributed by atoms with Gasteiger partial charge in [0.2, 0.25) is 5.91 Å². The third-order valence-corrected chi connectivity index (χ3v) is 5.11. The topological polar surface area (TPSA) is 50.6 Å². The Hall–Kier alpha value is -2.55. The fourth-order valence-corrected chi connectivity index (χ4v) is 3.59. The van der Waals surface area contributed by atoms with Crippen molar-refractivity contribution in [2.45, 2.75) is 25.7 Å². The number of hydrogen-bond acceptors (Lipinski definition) is 4. The van der Waals surface area contributed by atoms with Crippen molar-refractivity contribution in [2.75, 3.05) is 32.8 Å². The lowest BCUT2D eigenvalue weighted by molar-refractivity contribution is -0.142. The zero-order chi connectivity index (χ0) is 19.7. The van der Waals surface area contributed by atoms with Gasteiger partial charge in [0, 0.05) is 45.3 Å². The summed E-state index contributed by atoms with van der Waals surface area (Å²) in [6.07, 6.45) is -2.37. The van der Waals surface area contributed by atoms with Crippen molar-refractivity contribution in [3.63, 3.8) is 0 Å². The molecule has 2 aliphatic rings. The number of nitrogens with zero attached hydrogens (tertiary/aromatic N) is 4. The van der Waals surface area contributed by atoms with Gasteiger partial charge in [-0.25, -0.2) is 0 Å². The highest BCUT2D eigenvalue weighted by Gasteiger charge is 2.33. The summed E-state index contributed by atoms with van der Waals surface area (Å²) in [5.74, 6) is 0.748. The van der Waals surface area contributed by atoms with Gasteiger partial charge >= 0.3 is 6.18 Å². The molecule has 1 fully saturated rings. The third-order valence-electron chi connectivity index (χ3n) is 5.11. The molecule has 1 aromatic carbocycles. The summed E-state index contributed by atoms with van der Waals surface area (Å²) in [5, 5.41) is 3.44. The van der Waals surface area contributed by atoms with E-state index in [2.05, 4.69) is 22.1 Å². The van der Waals surface area contributed by atoms with Crippen LogP contribution < -0.4 is 4.74 Å². The van der Waals surface area contributed by atoms with Crippen LogP contribution in [-0.2, 0) is 30.5 Å². The van der Waals surface area contributed by atoms with Gasteiger partial charge in [-0.2, -0.15) is 18.3 Å². The number of aromatic nitrogens is 2. The van der Waals surface area contributed by atoms with Crippen molar-refractivity contribution in [1.29, 1.82) is 0 Å². The Kier molecular flexibility index (Phi) is 5.01. The Morgan fingerprint density at radius 1 is 1.14 bits per heavy atom. The molecule has 2 aliphatic heterocycles. The van der Waals surface area contributed by atoms with Gasteiger partial charge in [-0.05, 0) is 23.3 Å². The molecule has 1 aromatic heterocycles. The number of alkyl halides is 3. The number of ether oxygens (including phenoxy) is 1. The second-order valence-electron chi connectivity index (χ2n) is 7.09. The van der Waals surface area contributed by atoms with Gasteiger partial charge in [0.05, 0.1) is 6.61 Å². The average Bonchev–Trinajstić information content (AvgIpc) is 3.31. The van der Waals surface area contributed by atoms with Gasteiger partial charge in [-0.3, -0.25) is 14.4 Å². The van der Waals surface area contributed by atoms with E-state index in [1.165, 1.54) is 17.3 Å². The Labute approximate surface area is 160 Å². The van der Waals surface area contributed by atoms with Gasteiger partial charge in [0.15, 0.2) is 5.69 Å². The molecule has 9 heteroatoms. The smallest absolute Gasteiger partial charge is 0.435 e. The molecule has 150 valence electrons. The predicted molar refractivity (Wildman–Crippen MR) is 94.7 cm³/mol. The lowest BCUT2D eigenvalue weighted by Crippen LogP contribution is -2.49. The maximum Gasteiger partial charge on any atom is 0.435 e. The zero-order valence-corrected chi connectivity index (χ0v) is 15.3. The van der Waals surface area contributed by atoms with Crippen LogP contribution in [0.3, 0.4) is 0 Å². The molecular weight excluding hydrogens is 373 g/mol. The number of hydrogen-bond donors (Lipinski definition) is 0. The second-order valence-corrected chi connectivity index (χ2v) is 7.09. The number of carbonyl (C=O) groups is 1. The Morgan fingerprint density at radius 3 is 2.64 bits per heavy atom. The summed E-state index contributed by atoms with van der Waals surface area (Å²) in [6.45, 7) is 3.93. The Balaban J connectivity index is 1.28. The van der Waals surface area contributed by atoms with Crippen molar-refractivity contribution in [1.82, 2.24) is 19.6 Å². The lowest BCUT2D eigenvalue weighted by atomic mass is 10.1. The normalized spacial score (nSPS) is 17.5. The quantitative estimate of drug-likeness (QED) is 0.798. The molecule has 0 N–H and O–H groups in total. The van der Waals surface area contributed by atoms with E-state index in [0.29, 0.717) is 13.1 Å². The Bertz CT molecular complexity index is 857. The molecular formula is C19H21F3N4O2. The summed E-state index contributed by atoms with van der Waals surface area (Å²) in [5.41, 5.74) is 1.48. The van der Waals surface area contributed by atoms with E-state index in [-0.39, 0.29) is 12.5 Å². The Morgan fingerprint density at radius 2 is 1.93 bits per heavy atom. The van der Waals surface area contributed by atoms with Crippen LogP contribution in [0, 0.1) is 0 Å². The van der Waals surface area contributed by atoms with Crippen LogP contribution in [0.2, 0.25) is 0 Å². The van der Waals surface area contributed by atoms with E-state index >= 15 is 0 Å². The summed E-state index contributed by atoms with van der Waals surface area (Å²) in [7, 11) is 0. The standard InChI is InChI=1S/C19H21F3N4O2/c20-19(21,22)17-3-5-26(23-17)13-18(27)25-8-6-24(7-9-25)12-14-1-2-16-15(11-14)4-10-28-16/h1-3,5,11H,4,6-10,12-13H2. The molecule has 0 saturated carbocycles. The van der Waals surface area contributed by atoms with Crippen LogP contribution >= 0.6 is 0 Å². The molecule has 0 spiro atoms. The number of fused-ring (bicyclic) bond motifs is 1. The second kappa shape index (κ2) is 7.46. The molecule has 0 unspecified atom stereocenters. The van der Waals surface area contributed by atoms with E-state index < -0.39 is 11.9 Å². The van der Waals surface area contributed by atoms with Gasteiger partial charge in [0.1, 0.15) is 12.3 Å². The number of rotatable bonds is 4. The SMILES string of the molecule is O=C(Cn1ccc(C(F)(F)F)n1)N1CCN(Cc2ccc3c(c2)CCO3)CC1. The molecule has 3 heterocycles. The van der Waals surface area contributed by atoms with E-state index in [4.69, 9.17) is 4.74 Å². The average molecular weight is 394 g/mol. The molecule has 28 heavy (non-hydrogen) atoms. The minimum atomic E-state index is -4.50. The number of halogens is 3. The molecule has 1 saturated heterocycles. The van der Waals surface area contributed by atoms with E-state index in [1.54, 1.807) is 4.90 Å². The van der Waals surface area contributed by atoms with Crippen molar-refractivity contribution in [2.24, 2.45) is 0 Å². The van der Waals surface area contributed by atoms with Gasteiger partial charge in [-0.15, -0.1) is 0 Å². The van der Waals surface area contributed by atoms with Crippen LogP contribution in [0.5, 0.6) is 5.75 Å². The van der Waals surface area contributed by atoms with E-state index in [9.17, 15) is 18.0 Å². The summed E-state index contributed by atoms with van der Waals surface area (Å²) in [4.78, 5) is 16.3. The maximum absolute atomic E-state index is 12.6. The largest absolute Gasteiger partial charge is 0.493 e. The van der Waals surface area contributed by atoms with Gasteiger partial charge < -0.3 is 9.64 Å². The molecule has 0 bridgehead atoms. The van der Waals surface area contributed by atoms with Crippen LogP contribution in [0.4, 0.5) is 13.2 Å². The summed E-state index contributed by atoms with van der Waals surface area (Å²) < 4.78 is 44.4. The molecule has 0 aliphatic carbocycles. The first-order chi connectivity index (χ1) is 13.4.